The molecule has 1 aliphatic carbocycles. The number of nitrogens with one attached hydrogen (secondary N) is 2. The molecular formula is C24H23F3N4O4. The predicted molar refractivity (Wildman–Crippen MR) is 120 cm³/mol. The maximum absolute atomic E-state index is 13.8. The Morgan fingerprint density at radius 1 is 1.00 bits per heavy atom. The minimum atomic E-state index is -1.34. The van der Waals surface area contributed by atoms with Gasteiger partial charge in [-0.05, 0) is 55.2 Å². The van der Waals surface area contributed by atoms with Crippen molar-refractivity contribution in [3.63, 3.8) is 0 Å². The summed E-state index contributed by atoms with van der Waals surface area (Å²) in [5, 5.41) is 21.3. The van der Waals surface area contributed by atoms with Gasteiger partial charge in [-0.3, -0.25) is 9.59 Å². The molecule has 0 radical (unpaired) electrons. The van der Waals surface area contributed by atoms with Gasteiger partial charge in [0.15, 0.2) is 11.6 Å². The largest absolute Gasteiger partial charge is 0.481 e. The molecule has 0 spiro atoms. The fraction of sp³-hybridized carbons (Fsp3) is 0.333. The van der Waals surface area contributed by atoms with E-state index in [1.54, 1.807) is 19.1 Å². The van der Waals surface area contributed by atoms with Crippen LogP contribution in [0.2, 0.25) is 0 Å². The van der Waals surface area contributed by atoms with Crippen LogP contribution in [0.3, 0.4) is 0 Å². The number of rotatable bonds is 7. The first-order valence-electron chi connectivity index (χ1n) is 11.1. The Hall–Kier alpha value is -3.89. The van der Waals surface area contributed by atoms with E-state index in [-0.39, 0.29) is 17.9 Å². The monoisotopic (exact) mass is 488 g/mol. The van der Waals surface area contributed by atoms with E-state index in [9.17, 15) is 27.9 Å². The molecule has 0 saturated heterocycles. The predicted octanol–water partition coefficient (Wildman–Crippen LogP) is 5.48. The molecule has 2 aromatic carbocycles. The highest BCUT2D eigenvalue weighted by atomic mass is 19.2. The Labute approximate surface area is 198 Å². The molecule has 11 heteroatoms. The number of carboxylic acids is 1. The topological polar surface area (TPSA) is 117 Å². The van der Waals surface area contributed by atoms with Crippen LogP contribution < -0.4 is 10.6 Å². The van der Waals surface area contributed by atoms with E-state index in [0.717, 1.165) is 31.2 Å². The van der Waals surface area contributed by atoms with E-state index in [4.69, 9.17) is 4.42 Å². The van der Waals surface area contributed by atoms with E-state index in [0.29, 0.717) is 23.7 Å². The van der Waals surface area contributed by atoms with Crippen LogP contribution in [0.5, 0.6) is 0 Å². The molecule has 1 atom stereocenters. The van der Waals surface area contributed by atoms with Crippen LogP contribution in [-0.4, -0.2) is 27.2 Å². The second-order valence-electron chi connectivity index (χ2n) is 8.60. The van der Waals surface area contributed by atoms with Crippen molar-refractivity contribution in [1.82, 2.24) is 10.2 Å². The molecule has 184 valence electrons. The number of hydrogen-bond acceptors (Lipinski definition) is 6. The molecule has 4 rings (SSSR count). The number of aliphatic carboxylic acids is 1. The summed E-state index contributed by atoms with van der Waals surface area (Å²) < 4.78 is 45.3. The van der Waals surface area contributed by atoms with Gasteiger partial charge in [0.25, 0.3) is 0 Å². The summed E-state index contributed by atoms with van der Waals surface area (Å²) in [4.78, 5) is 23.6. The van der Waals surface area contributed by atoms with Crippen LogP contribution >= 0.6 is 0 Å². The van der Waals surface area contributed by atoms with Crippen molar-refractivity contribution in [2.24, 2.45) is 11.8 Å². The van der Waals surface area contributed by atoms with Crippen LogP contribution in [-0.2, 0) is 4.79 Å². The number of carbonyl (C=O) groups is 2. The fourth-order valence-electron chi connectivity index (χ4n) is 4.28. The van der Waals surface area contributed by atoms with E-state index in [1.807, 2.05) is 12.1 Å². The average molecular weight is 488 g/mol. The molecule has 1 fully saturated rings. The van der Waals surface area contributed by atoms with Gasteiger partial charge in [-0.1, -0.05) is 24.2 Å². The second kappa shape index (κ2) is 10.2. The number of carboxylic acid groups (broad SMARTS) is 1. The van der Waals surface area contributed by atoms with Crippen molar-refractivity contribution in [3.8, 4) is 0 Å². The molecule has 3 aromatic rings. The van der Waals surface area contributed by atoms with Crippen molar-refractivity contribution in [2.45, 2.75) is 38.5 Å². The maximum atomic E-state index is 13.8. The van der Waals surface area contributed by atoms with Crippen LogP contribution in [0.25, 0.3) is 0 Å². The van der Waals surface area contributed by atoms with Crippen LogP contribution in [0.1, 0.15) is 54.8 Å². The highest BCUT2D eigenvalue weighted by molar-refractivity contribution is 6.00. The minimum Gasteiger partial charge on any atom is -0.481 e. The van der Waals surface area contributed by atoms with E-state index in [1.165, 1.54) is 0 Å². The summed E-state index contributed by atoms with van der Waals surface area (Å²) in [6.45, 7) is 1.76. The normalized spacial score (nSPS) is 18.6. The molecule has 3 N–H and O–H groups in total. The number of anilines is 3. The highest BCUT2D eigenvalue weighted by Crippen LogP contribution is 2.39. The van der Waals surface area contributed by atoms with Gasteiger partial charge in [0, 0.05) is 17.8 Å². The standard InChI is InChI=1S/C24H23F3N4O4/c1-12(23(33)34)13-2-4-14(5-3-13)15-6-8-16(9-7-15)28-21(32)22-30-31-24(35-22)29-20-11-18(26)17(25)10-19(20)27/h6-14H,2-5H2,1H3,(H,28,32)(H,29,31)(H,33,34)/t12-,13?,14?/m0/s1. The quantitative estimate of drug-likeness (QED) is 0.377. The van der Waals surface area contributed by atoms with Gasteiger partial charge in [-0.2, -0.15) is 0 Å². The fourth-order valence-corrected chi connectivity index (χ4v) is 4.28. The Morgan fingerprint density at radius 2 is 1.66 bits per heavy atom. The average Bonchev–Trinajstić information content (AvgIpc) is 3.31. The summed E-state index contributed by atoms with van der Waals surface area (Å²) in [6, 6.07) is 7.89. The Balaban J connectivity index is 1.33. The first-order chi connectivity index (χ1) is 16.7. The van der Waals surface area contributed by atoms with Crippen molar-refractivity contribution in [2.75, 3.05) is 10.6 Å². The third kappa shape index (κ3) is 5.61. The van der Waals surface area contributed by atoms with Crippen LogP contribution in [0.15, 0.2) is 40.8 Å². The van der Waals surface area contributed by atoms with Crippen molar-refractivity contribution >= 4 is 29.3 Å². The third-order valence-corrected chi connectivity index (χ3v) is 6.38. The van der Waals surface area contributed by atoms with E-state index < -0.39 is 40.9 Å². The zero-order chi connectivity index (χ0) is 25.1. The number of benzene rings is 2. The molecular weight excluding hydrogens is 465 g/mol. The maximum Gasteiger partial charge on any atom is 0.320 e. The summed E-state index contributed by atoms with van der Waals surface area (Å²) in [7, 11) is 0. The van der Waals surface area contributed by atoms with E-state index in [2.05, 4.69) is 20.8 Å². The number of aromatic nitrogens is 2. The SMILES string of the molecule is C[C@H](C(=O)O)C1CCC(c2ccc(NC(=O)c3nnc(Nc4cc(F)c(F)cc4F)o3)cc2)CC1. The molecule has 0 aliphatic heterocycles. The summed E-state index contributed by atoms with van der Waals surface area (Å²) in [5.74, 6) is -5.37. The molecule has 1 amide bonds. The molecule has 1 saturated carbocycles. The van der Waals surface area contributed by atoms with Gasteiger partial charge < -0.3 is 20.2 Å². The zero-order valence-corrected chi connectivity index (χ0v) is 18.7. The lowest BCUT2D eigenvalue weighted by molar-refractivity contribution is -0.143. The molecule has 1 aliphatic rings. The van der Waals surface area contributed by atoms with Gasteiger partial charge in [0.1, 0.15) is 5.82 Å². The zero-order valence-electron chi connectivity index (χ0n) is 18.7. The Bertz CT molecular complexity index is 1220. The molecule has 8 nitrogen and oxygen atoms in total. The lowest BCUT2D eigenvalue weighted by atomic mass is 9.74. The lowest BCUT2D eigenvalue weighted by Gasteiger charge is -2.31. The highest BCUT2D eigenvalue weighted by Gasteiger charge is 2.29. The van der Waals surface area contributed by atoms with Gasteiger partial charge >= 0.3 is 23.8 Å². The summed E-state index contributed by atoms with van der Waals surface area (Å²) >= 11 is 0. The summed E-state index contributed by atoms with van der Waals surface area (Å²) in [6.07, 6.45) is 3.53. The molecule has 35 heavy (non-hydrogen) atoms. The Kier molecular flexibility index (Phi) is 7.04. The number of halogens is 3. The van der Waals surface area contributed by atoms with Crippen molar-refractivity contribution in [1.29, 1.82) is 0 Å². The van der Waals surface area contributed by atoms with Crippen molar-refractivity contribution < 1.29 is 32.3 Å². The van der Waals surface area contributed by atoms with Crippen LogP contribution in [0.4, 0.5) is 30.6 Å². The number of nitrogens with zero attached hydrogens (tertiary/aromatic N) is 2. The molecule has 1 aromatic heterocycles. The van der Waals surface area contributed by atoms with Gasteiger partial charge in [-0.15, -0.1) is 5.10 Å². The van der Waals surface area contributed by atoms with Crippen LogP contribution in [0, 0.1) is 29.3 Å². The second-order valence-corrected chi connectivity index (χ2v) is 8.60. The van der Waals surface area contributed by atoms with Gasteiger partial charge in [-0.25, -0.2) is 13.2 Å². The third-order valence-electron chi connectivity index (χ3n) is 6.38. The van der Waals surface area contributed by atoms with Crippen molar-refractivity contribution in [3.05, 3.63) is 65.3 Å². The van der Waals surface area contributed by atoms with Gasteiger partial charge in [0.2, 0.25) is 0 Å². The Morgan fingerprint density at radius 3 is 2.31 bits per heavy atom. The molecule has 0 bridgehead atoms. The first kappa shape index (κ1) is 24.2. The van der Waals surface area contributed by atoms with E-state index >= 15 is 0 Å². The molecule has 1 heterocycles. The smallest absolute Gasteiger partial charge is 0.320 e. The minimum absolute atomic E-state index is 0.190. The first-order valence-corrected chi connectivity index (χ1v) is 11.1. The number of hydrogen-bond donors (Lipinski definition) is 3. The lowest BCUT2D eigenvalue weighted by Crippen LogP contribution is -2.24. The summed E-state index contributed by atoms with van der Waals surface area (Å²) in [5.41, 5.74) is 1.18. The number of carbonyl (C=O) groups excluding carboxylic acids is 1. The number of amides is 1. The molecule has 0 unspecified atom stereocenters. The van der Waals surface area contributed by atoms with Gasteiger partial charge in [0.05, 0.1) is 11.6 Å².